The molecule has 5 heterocycles. The minimum absolute atomic E-state index is 0. The first-order valence-electron chi connectivity index (χ1n) is 44.2. The summed E-state index contributed by atoms with van der Waals surface area (Å²) in [5, 5.41) is 1.51. The van der Waals surface area contributed by atoms with Crippen molar-refractivity contribution in [2.75, 3.05) is 45.9 Å². The monoisotopic (exact) mass is 2080 g/mol. The minimum Gasteiger partial charge on any atom is -0.497 e. The molecule has 0 spiro atoms. The second kappa shape index (κ2) is 55.7. The lowest BCUT2D eigenvalue weighted by Gasteiger charge is -2.41. The third-order valence-corrected chi connectivity index (χ3v) is 31.6. The first kappa shape index (κ1) is 111. The Kier molecular flexibility index (Phi) is 42.5. The van der Waals surface area contributed by atoms with Crippen molar-refractivity contribution in [1.82, 2.24) is 28.7 Å². The maximum absolute atomic E-state index is 15.8. The van der Waals surface area contributed by atoms with E-state index in [-0.39, 0.29) is 123 Å². The molecular formula is C115H177N8O20PSi2. The summed E-state index contributed by atoms with van der Waals surface area (Å²) >= 11 is 0. The molecule has 2 aliphatic rings. The molecule has 810 valence electrons. The Balaban J connectivity index is -0.000000159. The van der Waals surface area contributed by atoms with E-state index in [1.807, 2.05) is 122 Å². The van der Waals surface area contributed by atoms with Crippen LogP contribution in [0.4, 0.5) is 5.95 Å². The highest BCUT2D eigenvalue weighted by Gasteiger charge is 2.57. The van der Waals surface area contributed by atoms with Gasteiger partial charge in [-0.15, -0.1) is 12.8 Å². The second-order valence-electron chi connectivity index (χ2n) is 33.6. The summed E-state index contributed by atoms with van der Waals surface area (Å²) in [7, 11) is -6.14. The molecular weight excluding hydrogens is 1900 g/mol. The van der Waals surface area contributed by atoms with Crippen molar-refractivity contribution in [1.29, 1.82) is 0 Å². The van der Waals surface area contributed by atoms with Crippen LogP contribution in [0.15, 0.2) is 130 Å². The number of terminal acetylenes is 2. The number of rotatable bonds is 31. The maximum atomic E-state index is 15.8. The number of fused-ring (bicyclic) bond motifs is 1. The normalized spacial score (nSPS) is 15.2. The quantitative estimate of drug-likeness (QED) is 0.00775. The number of Topliss-reactive ketones (excluding diaryl/α,β-unsaturated/α-hetero) is 1. The number of nitrogens with one attached hydrogen (secondary N) is 2. The standard InChI is InChI=1S/C115H89N8O20PSi2.44H2/c1-19-21-23-25-27-29-31-33-35-37-39-41-43-45-47-49-51-53-55-60-77-133-94-80-88(81-95(82-94)134-78-61-56-54-52-50-48-46-44-42-40-38-36-34-32-30-28-26-24-22-20-2)108(129)123-98(125)74-76-121(112(123)130)109-103(142-145(15,16)113(6,7)8)101(140-99(126)73-64-87(5)124)97(139-109)84-137-144(136-79-75-116-12)141-102-96(83-135-115(89-62-58-57-59-63-89,90-65-69-92(131-13)70-66-90)91-67-71-93(132-14)72-68-91)138-110(104(102)143-146(17,18)114(9,10)11)122-85-117-100-105(122)118-111(120-107(100)128)119-106(127)86(3)4;;;;;;;;;;;;;;;;;;;;;;;;;;;;;;;;;;;;;;;;;;;;/h1-2,57-59,62-63,65-72,74,76,80-82,85-86,96-97,101-104,109-110H,64,73,75,79,83-84H2,3-11,13-18H3,(H2,118,119,120,127,128);44*1H/t96-,97-,101+,102+,103?,104?,109-,110-,144?;;;;;;;;;;;;;;;;;;;;;;;;;;;;;;;;;;;;;;;;;;;;/m1............................................/s1. The van der Waals surface area contributed by atoms with Gasteiger partial charge in [0.1, 0.15) is 83.7 Å². The van der Waals surface area contributed by atoms with Gasteiger partial charge in [-0.05, 0) is 191 Å². The van der Waals surface area contributed by atoms with Crippen molar-refractivity contribution in [3.05, 3.63) is 181 Å². The molecule has 1 amide bonds. The third-order valence-electron chi connectivity index (χ3n) is 21.5. The zero-order valence-corrected chi connectivity index (χ0v) is 84.8. The fraction of sp³-hybridized carbons (Fsp3) is 0.287. The van der Waals surface area contributed by atoms with Crippen LogP contribution < -0.4 is 41.1 Å². The number of carbonyl (C=O) groups is 4. The Hall–Kier alpha value is -18.3. The fourth-order valence-electron chi connectivity index (χ4n) is 12.6. The Labute approximate surface area is 917 Å². The molecule has 4 aromatic carbocycles. The molecule has 2 saturated heterocycles. The second-order valence-corrected chi connectivity index (χ2v) is 44.3. The van der Waals surface area contributed by atoms with Crippen molar-refractivity contribution in [2.24, 2.45) is 5.92 Å². The van der Waals surface area contributed by atoms with Gasteiger partial charge in [0.2, 0.25) is 18.4 Å². The van der Waals surface area contributed by atoms with Crippen LogP contribution in [0.2, 0.25) is 36.3 Å². The molecule has 9 atom stereocenters. The molecule has 2 N–H and O–H groups in total. The molecule has 0 bridgehead atoms. The number of esters is 1. The summed E-state index contributed by atoms with van der Waals surface area (Å²) < 4.78 is 89.9. The topological polar surface area (TPSA) is 312 Å². The number of amides is 1. The van der Waals surface area contributed by atoms with Gasteiger partial charge in [0.05, 0.1) is 40.2 Å². The van der Waals surface area contributed by atoms with E-state index >= 15 is 9.59 Å². The van der Waals surface area contributed by atoms with E-state index in [1.165, 1.54) is 23.9 Å². The summed E-state index contributed by atoms with van der Waals surface area (Å²) in [4.78, 5) is 116. The summed E-state index contributed by atoms with van der Waals surface area (Å²) in [6, 6.07) is 28.7. The fourth-order valence-corrected chi connectivity index (χ4v) is 16.3. The average molecular weight is 2080 g/mol. The highest BCUT2D eigenvalue weighted by molar-refractivity contribution is 7.41. The summed E-state index contributed by atoms with van der Waals surface area (Å²) in [5.74, 6) is 95.3. The lowest BCUT2D eigenvalue weighted by Crippen LogP contribution is -2.51. The number of hydrogen-bond acceptors (Lipinski definition) is 22. The molecule has 28 nitrogen and oxygen atoms in total. The van der Waals surface area contributed by atoms with Gasteiger partial charge in [-0.1, -0.05) is 110 Å². The Bertz CT molecular complexity index is 7840. The largest absolute Gasteiger partial charge is 0.497 e. The van der Waals surface area contributed by atoms with Crippen LogP contribution in [0.1, 0.15) is 177 Å². The lowest BCUT2D eigenvalue weighted by atomic mass is 9.80. The molecule has 3 unspecified atom stereocenters. The number of carbonyl (C=O) groups excluding carboxylic acids is 4. The van der Waals surface area contributed by atoms with Gasteiger partial charge in [-0.2, -0.15) is 9.55 Å². The molecule has 31 heteroatoms. The summed E-state index contributed by atoms with van der Waals surface area (Å²) in [5.41, 5.74) is -3.30. The maximum Gasteiger partial charge on any atom is 0.340 e. The Morgan fingerprint density at radius 3 is 1.39 bits per heavy atom. The van der Waals surface area contributed by atoms with Crippen molar-refractivity contribution >= 4 is 65.9 Å². The van der Waals surface area contributed by atoms with Crippen LogP contribution in [0.3, 0.4) is 0 Å². The molecule has 2 aliphatic heterocycles. The average Bonchev–Trinajstić information content (AvgIpc) is 1.46. The molecule has 2 fully saturated rings. The smallest absolute Gasteiger partial charge is 0.340 e. The van der Waals surface area contributed by atoms with Crippen LogP contribution in [-0.2, 0) is 61.4 Å². The zero-order chi connectivity index (χ0) is 106. The number of ether oxygens (including phenoxy) is 8. The number of methoxy groups -OCH3 is 2. The molecule has 0 saturated carbocycles. The van der Waals surface area contributed by atoms with E-state index in [0.29, 0.717) is 32.8 Å². The third kappa shape index (κ3) is 32.7. The molecule has 9 rings (SSSR count). The van der Waals surface area contributed by atoms with Crippen molar-refractivity contribution < 1.29 is 142 Å². The number of aromatic nitrogens is 6. The number of ketones is 1. The lowest BCUT2D eigenvalue weighted by molar-refractivity contribution is -0.156. The van der Waals surface area contributed by atoms with Gasteiger partial charge in [-0.3, -0.25) is 43.4 Å². The van der Waals surface area contributed by atoms with Gasteiger partial charge in [0, 0.05) is 241 Å². The number of aromatic amines is 1. The van der Waals surface area contributed by atoms with Gasteiger partial charge in [-0.25, -0.2) is 16.4 Å². The van der Waals surface area contributed by atoms with Crippen molar-refractivity contribution in [2.45, 2.75) is 166 Å². The van der Waals surface area contributed by atoms with E-state index < -0.39 is 149 Å². The van der Waals surface area contributed by atoms with E-state index in [2.05, 4.69) is 269 Å². The molecule has 7 aromatic rings. The minimum atomic E-state index is -3.23. The molecule has 0 aliphatic carbocycles. The SMILES string of the molecule is [C-]#[N+]CCOP(OC[C@H]1O[C@@H](n2ccc(=O)n(C(=O)c3cc(OC#CC#CC#CC#CC#CC#CC#CC#CC#CC#CC#C)cc(OC#CC#CC#CC#CC#CC#CC#CC#CC#CC#CC#C)c3)c2=O)C(O[Si](C)(C)C(C)(C)C)[C@H]1OC(=O)CCC(C)=O)O[C@@H]1C(O[Si](C)(C)C(C)(C)C)[C@H](n2cnc3c(=O)[nH]c(NC(=O)C(C)C)nc32)O[C@@H]1COC(c1ccccc1)(c1ccc(OC)cc1)c1ccc(OC)cc1.[HH].[HH].[HH].[HH].[HH].[HH].[HH].[HH].[HH].[HH].[HH].[HH].[HH].[HH].[HH].[HH].[HH].[HH].[HH].[HH].[HH].[HH].[HH].[HH].[HH].[HH].[HH].[HH].[HH].[HH].[HH].[HH].[HH].[HH].[HH].[HH].[HH].[HH].[HH].[HH].[HH].[HH].[HH].[HH]. The van der Waals surface area contributed by atoms with Crippen molar-refractivity contribution in [3.63, 3.8) is 0 Å². The van der Waals surface area contributed by atoms with Crippen molar-refractivity contribution in [3.8, 4) is 285 Å². The van der Waals surface area contributed by atoms with Crippen LogP contribution in [0.25, 0.3) is 16.0 Å². The van der Waals surface area contributed by atoms with Crippen LogP contribution in [0, 0.1) is 274 Å². The predicted octanol–water partition coefficient (Wildman–Crippen LogP) is 21.7. The number of imidazole rings is 1. The molecule has 146 heavy (non-hydrogen) atoms. The number of hydrogen-bond donors (Lipinski definition) is 2. The summed E-state index contributed by atoms with van der Waals surface area (Å²) in [6.07, 6.45) is 4.98. The first-order chi connectivity index (χ1) is 70.2. The van der Waals surface area contributed by atoms with E-state index in [9.17, 15) is 24.0 Å². The van der Waals surface area contributed by atoms with Gasteiger partial charge >= 0.3 is 20.3 Å². The van der Waals surface area contributed by atoms with Crippen LogP contribution in [-0.4, -0.2) is 146 Å². The Morgan fingerprint density at radius 2 is 0.966 bits per heavy atom. The zero-order valence-electron chi connectivity index (χ0n) is 81.9. The molecule has 0 radical (unpaired) electrons. The highest BCUT2D eigenvalue weighted by Crippen LogP contribution is 2.52. The highest BCUT2D eigenvalue weighted by atomic mass is 31.2. The summed E-state index contributed by atoms with van der Waals surface area (Å²) in [6.45, 7) is 30.7. The van der Waals surface area contributed by atoms with Crippen LogP contribution >= 0.6 is 8.60 Å². The molecule has 3 aromatic heterocycles. The number of benzene rings is 4. The van der Waals surface area contributed by atoms with E-state index in [1.54, 1.807) is 52.3 Å². The van der Waals surface area contributed by atoms with E-state index in [0.717, 1.165) is 29.0 Å². The van der Waals surface area contributed by atoms with Gasteiger partial charge in [0.15, 0.2) is 46.4 Å². The van der Waals surface area contributed by atoms with E-state index in [4.69, 9.17) is 84.7 Å². The first-order valence-corrected chi connectivity index (χ1v) is 51.1. The van der Waals surface area contributed by atoms with Crippen LogP contribution in [0.5, 0.6) is 23.0 Å². The predicted molar refractivity (Wildman–Crippen MR) is 645 cm³/mol. The number of H-pyrrole nitrogens is 1. The van der Waals surface area contributed by atoms with Gasteiger partial charge in [0.25, 0.3) is 17.0 Å². The number of nitrogens with zero attached hydrogens (tertiary/aromatic N) is 6. The van der Waals surface area contributed by atoms with Gasteiger partial charge < -0.3 is 70.0 Å². The Morgan fingerprint density at radius 1 is 0.541 bits per heavy atom. The number of anilines is 1.